The molecule has 0 aliphatic carbocycles. The second-order valence-electron chi connectivity index (χ2n) is 3.61. The molecule has 0 spiro atoms. The minimum absolute atomic E-state index is 0.324. The number of ether oxygens (including phenoxy) is 1. The molecular formula is C8H14NO7P. The van der Waals surface area contributed by atoms with Gasteiger partial charge in [-0.1, -0.05) is 0 Å². The molecule has 0 saturated carbocycles. The van der Waals surface area contributed by atoms with Gasteiger partial charge in [0, 0.05) is 0 Å². The van der Waals surface area contributed by atoms with Crippen LogP contribution >= 0.6 is 8.46 Å². The fourth-order valence-corrected chi connectivity index (χ4v) is 1.75. The van der Waals surface area contributed by atoms with Crippen LogP contribution in [0.1, 0.15) is 0 Å². The maximum Gasteiger partial charge on any atom is 0.232 e. The standard InChI is InChI=1S/C8H14NO7P/c10-1-3-6(12)7(13)5(8(14)16-3)9-4(11)2-17-15/h3,5-8,10,12-14H,1-2H2,(H,9,11). The van der Waals surface area contributed by atoms with E-state index in [-0.39, 0.29) is 6.16 Å². The molecule has 0 radical (unpaired) electrons. The summed E-state index contributed by atoms with van der Waals surface area (Å²) in [6, 6.07) is -1.23. The van der Waals surface area contributed by atoms with Gasteiger partial charge in [-0.25, -0.2) is 0 Å². The van der Waals surface area contributed by atoms with E-state index in [0.29, 0.717) is 0 Å². The third kappa shape index (κ3) is 3.41. The maximum absolute atomic E-state index is 11.1. The normalized spacial score (nSPS) is 38.0. The van der Waals surface area contributed by atoms with Crippen LogP contribution in [0, 0.1) is 0 Å². The van der Waals surface area contributed by atoms with Gasteiger partial charge in [-0.05, 0) is 0 Å². The average Bonchev–Trinajstić information content (AvgIpc) is 2.29. The molecule has 17 heavy (non-hydrogen) atoms. The van der Waals surface area contributed by atoms with Crippen molar-refractivity contribution in [1.29, 1.82) is 0 Å². The molecule has 1 saturated heterocycles. The van der Waals surface area contributed by atoms with Crippen LogP contribution in [0.5, 0.6) is 0 Å². The lowest BCUT2D eigenvalue weighted by Crippen LogP contribution is -2.64. The van der Waals surface area contributed by atoms with Crippen LogP contribution in [-0.4, -0.2) is 69.7 Å². The summed E-state index contributed by atoms with van der Waals surface area (Å²) in [4.78, 5) is 11.1. The van der Waals surface area contributed by atoms with E-state index < -0.39 is 51.6 Å². The van der Waals surface area contributed by atoms with Crippen molar-refractivity contribution in [3.8, 4) is 0 Å². The van der Waals surface area contributed by atoms with E-state index in [9.17, 15) is 24.7 Å². The Kier molecular flexibility index (Phi) is 5.38. The van der Waals surface area contributed by atoms with E-state index in [1.807, 2.05) is 0 Å². The van der Waals surface area contributed by atoms with Gasteiger partial charge in [0.05, 0.1) is 6.61 Å². The summed E-state index contributed by atoms with van der Waals surface area (Å²) in [6.07, 6.45) is -5.92. The molecule has 1 fully saturated rings. The number of aliphatic hydroxyl groups excluding tert-OH is 4. The molecule has 98 valence electrons. The van der Waals surface area contributed by atoms with Crippen molar-refractivity contribution in [3.63, 3.8) is 0 Å². The lowest BCUT2D eigenvalue weighted by molar-refractivity contribution is -0.253. The van der Waals surface area contributed by atoms with Crippen molar-refractivity contribution in [1.82, 2.24) is 5.32 Å². The largest absolute Gasteiger partial charge is 0.394 e. The summed E-state index contributed by atoms with van der Waals surface area (Å²) < 4.78 is 15.0. The van der Waals surface area contributed by atoms with E-state index in [1.165, 1.54) is 0 Å². The Morgan fingerprint density at radius 2 is 1.94 bits per heavy atom. The minimum Gasteiger partial charge on any atom is -0.394 e. The predicted molar refractivity (Wildman–Crippen MR) is 54.4 cm³/mol. The van der Waals surface area contributed by atoms with Crippen LogP contribution < -0.4 is 5.32 Å². The number of carbonyl (C=O) groups is 1. The minimum atomic E-state index is -1.56. The quantitative estimate of drug-likeness (QED) is 0.347. The first-order valence-corrected chi connectivity index (χ1v) is 5.90. The Morgan fingerprint density at radius 3 is 2.47 bits per heavy atom. The fraction of sp³-hybridized carbons (Fsp3) is 0.875. The highest BCUT2D eigenvalue weighted by atomic mass is 31.1. The molecule has 1 aliphatic rings. The Labute approximate surface area is 98.4 Å². The summed E-state index contributed by atoms with van der Waals surface area (Å²) in [7, 11) is -0.399. The maximum atomic E-state index is 11.1. The smallest absolute Gasteiger partial charge is 0.232 e. The average molecular weight is 267 g/mol. The molecular weight excluding hydrogens is 253 g/mol. The zero-order valence-corrected chi connectivity index (χ0v) is 9.66. The summed E-state index contributed by atoms with van der Waals surface area (Å²) in [5.41, 5.74) is 0. The Hall–Kier alpha value is -0.630. The van der Waals surface area contributed by atoms with Crippen molar-refractivity contribution in [3.05, 3.63) is 0 Å². The number of rotatable bonds is 4. The Bertz CT molecular complexity index is 289. The Morgan fingerprint density at radius 1 is 1.29 bits per heavy atom. The molecule has 5 N–H and O–H groups in total. The van der Waals surface area contributed by atoms with Crippen LogP contribution in [0.25, 0.3) is 0 Å². The highest BCUT2D eigenvalue weighted by Crippen LogP contribution is 2.19. The van der Waals surface area contributed by atoms with Crippen LogP contribution in [0.15, 0.2) is 0 Å². The summed E-state index contributed by atoms with van der Waals surface area (Å²) in [5, 5.41) is 39.6. The molecule has 1 heterocycles. The van der Waals surface area contributed by atoms with Crippen LogP contribution in [0.4, 0.5) is 0 Å². The van der Waals surface area contributed by atoms with Gasteiger partial charge in [-0.3, -0.25) is 9.36 Å². The first-order valence-electron chi connectivity index (χ1n) is 4.90. The van der Waals surface area contributed by atoms with Gasteiger partial charge in [0.25, 0.3) is 0 Å². The molecule has 9 heteroatoms. The zero-order chi connectivity index (χ0) is 13.0. The highest BCUT2D eigenvalue weighted by molar-refractivity contribution is 7.25. The first kappa shape index (κ1) is 14.4. The van der Waals surface area contributed by atoms with Gasteiger partial charge in [0.1, 0.15) is 30.5 Å². The molecule has 1 rings (SSSR count). The van der Waals surface area contributed by atoms with Gasteiger partial charge >= 0.3 is 0 Å². The van der Waals surface area contributed by atoms with Gasteiger partial charge < -0.3 is 30.5 Å². The monoisotopic (exact) mass is 267 g/mol. The molecule has 5 unspecified atom stereocenters. The van der Waals surface area contributed by atoms with E-state index in [1.54, 1.807) is 0 Å². The molecule has 8 nitrogen and oxygen atoms in total. The van der Waals surface area contributed by atoms with Gasteiger partial charge in [0.15, 0.2) is 14.8 Å². The van der Waals surface area contributed by atoms with Crippen molar-refractivity contribution in [2.45, 2.75) is 30.6 Å². The predicted octanol–water partition coefficient (Wildman–Crippen LogP) is -2.81. The van der Waals surface area contributed by atoms with Crippen LogP contribution in [-0.2, 0) is 14.1 Å². The van der Waals surface area contributed by atoms with Gasteiger partial charge in [-0.15, -0.1) is 0 Å². The number of hydrogen-bond acceptors (Lipinski definition) is 7. The molecule has 1 aliphatic heterocycles. The molecule has 5 atom stereocenters. The third-order valence-electron chi connectivity index (χ3n) is 2.44. The lowest BCUT2D eigenvalue weighted by atomic mass is 9.97. The fourth-order valence-electron chi connectivity index (χ4n) is 1.54. The highest BCUT2D eigenvalue weighted by Gasteiger charge is 2.44. The second kappa shape index (κ2) is 6.34. The third-order valence-corrected chi connectivity index (χ3v) is 2.85. The van der Waals surface area contributed by atoms with E-state index in [4.69, 9.17) is 9.84 Å². The van der Waals surface area contributed by atoms with Gasteiger partial charge in [-0.2, -0.15) is 0 Å². The van der Waals surface area contributed by atoms with Crippen molar-refractivity contribution in [2.24, 2.45) is 0 Å². The summed E-state index contributed by atoms with van der Waals surface area (Å²) in [5.74, 6) is -0.664. The first-order chi connectivity index (χ1) is 8.01. The SMILES string of the molecule is O=PCC(=O)NC1C(O)OC(CO)C(O)C1O. The molecule has 0 aromatic heterocycles. The van der Waals surface area contributed by atoms with Crippen LogP contribution in [0.2, 0.25) is 0 Å². The number of amides is 1. The van der Waals surface area contributed by atoms with Gasteiger partial charge in [0.2, 0.25) is 5.91 Å². The number of hydrogen-bond donors (Lipinski definition) is 5. The zero-order valence-electron chi connectivity index (χ0n) is 8.76. The lowest BCUT2D eigenvalue weighted by Gasteiger charge is -2.40. The summed E-state index contributed by atoms with van der Waals surface area (Å²) in [6.45, 7) is -0.574. The summed E-state index contributed by atoms with van der Waals surface area (Å²) >= 11 is 0. The van der Waals surface area contributed by atoms with Crippen molar-refractivity contribution in [2.75, 3.05) is 12.8 Å². The molecule has 0 bridgehead atoms. The number of aliphatic hydroxyl groups is 4. The molecule has 0 aromatic carbocycles. The molecule has 0 aromatic rings. The molecule has 1 amide bonds. The van der Waals surface area contributed by atoms with Crippen LogP contribution in [0.3, 0.4) is 0 Å². The topological polar surface area (TPSA) is 136 Å². The second-order valence-corrected chi connectivity index (χ2v) is 4.18. The van der Waals surface area contributed by atoms with Crippen molar-refractivity contribution < 1.29 is 34.5 Å². The number of nitrogens with one attached hydrogen (secondary N) is 1. The van der Waals surface area contributed by atoms with E-state index in [0.717, 1.165) is 0 Å². The van der Waals surface area contributed by atoms with Crippen molar-refractivity contribution >= 4 is 14.4 Å². The number of carbonyl (C=O) groups excluding carboxylic acids is 1. The van der Waals surface area contributed by atoms with E-state index >= 15 is 0 Å². The Balaban J connectivity index is 2.66. The van der Waals surface area contributed by atoms with E-state index in [2.05, 4.69) is 5.32 Å².